The first-order valence-electron chi connectivity index (χ1n) is 13.5. The second-order valence-electron chi connectivity index (χ2n) is 11.5. The van der Waals surface area contributed by atoms with Crippen molar-refractivity contribution in [2.75, 3.05) is 31.6 Å². The van der Waals surface area contributed by atoms with Crippen molar-refractivity contribution in [2.24, 2.45) is 11.3 Å². The zero-order valence-electron chi connectivity index (χ0n) is 24.3. The highest BCUT2D eigenvalue weighted by atomic mass is 35.5. The largest absolute Gasteiger partial charge is 0.394 e. The van der Waals surface area contributed by atoms with Gasteiger partial charge in [0.15, 0.2) is 11.6 Å². The topological polar surface area (TPSA) is 111 Å². The predicted molar refractivity (Wildman–Crippen MR) is 156 cm³/mol. The summed E-state index contributed by atoms with van der Waals surface area (Å²) in [7, 11) is 0. The predicted octanol–water partition coefficient (Wildman–Crippen LogP) is 5.35. The number of hydrogen-bond donors (Lipinski definition) is 5. The number of hydrogen-bond acceptors (Lipinski definition) is 5. The van der Waals surface area contributed by atoms with Gasteiger partial charge in [0.1, 0.15) is 5.82 Å². The van der Waals surface area contributed by atoms with Crippen LogP contribution in [0.2, 0.25) is 5.02 Å². The number of aliphatic hydroxyl groups is 2. The molecule has 2 amide bonds. The Hall–Kier alpha value is -2.66. The van der Waals surface area contributed by atoms with Crippen LogP contribution >= 0.6 is 11.6 Å². The SMILES string of the molecule is CC(C)CC(C)(C)C.O=CNCCC(O)CO.O=CNc1cc(F)c(F)cc1C1CNCC1c1cccc(Cl)c1F. The van der Waals surface area contributed by atoms with Gasteiger partial charge in [-0.15, -0.1) is 0 Å². The van der Waals surface area contributed by atoms with Gasteiger partial charge in [-0.25, -0.2) is 13.2 Å². The molecule has 0 saturated carbocycles. The first-order chi connectivity index (χ1) is 19.2. The second kappa shape index (κ2) is 18.0. The van der Waals surface area contributed by atoms with Crippen molar-refractivity contribution in [1.29, 1.82) is 0 Å². The molecule has 7 nitrogen and oxygen atoms in total. The molecule has 3 atom stereocenters. The molecule has 5 N–H and O–H groups in total. The summed E-state index contributed by atoms with van der Waals surface area (Å²) in [5.74, 6) is -2.41. The highest BCUT2D eigenvalue weighted by Gasteiger charge is 2.34. The van der Waals surface area contributed by atoms with E-state index in [0.717, 1.165) is 18.1 Å². The van der Waals surface area contributed by atoms with E-state index < -0.39 is 23.6 Å². The fourth-order valence-electron chi connectivity index (χ4n) is 4.82. The van der Waals surface area contributed by atoms with Gasteiger partial charge in [-0.1, -0.05) is 58.4 Å². The van der Waals surface area contributed by atoms with E-state index in [-0.39, 0.29) is 29.2 Å². The zero-order valence-corrected chi connectivity index (χ0v) is 25.1. The number of carbonyl (C=O) groups is 2. The van der Waals surface area contributed by atoms with Crippen molar-refractivity contribution in [2.45, 2.75) is 65.4 Å². The Kier molecular flexibility index (Phi) is 16.0. The van der Waals surface area contributed by atoms with Gasteiger partial charge in [0.2, 0.25) is 12.8 Å². The summed E-state index contributed by atoms with van der Waals surface area (Å²) in [6.07, 6.45) is 1.97. The summed E-state index contributed by atoms with van der Waals surface area (Å²) in [6, 6.07) is 6.70. The van der Waals surface area contributed by atoms with Crippen LogP contribution in [0.3, 0.4) is 0 Å². The molecule has 0 aromatic heterocycles. The Balaban J connectivity index is 0.000000408. The first-order valence-corrected chi connectivity index (χ1v) is 13.9. The minimum atomic E-state index is -1.06. The lowest BCUT2D eigenvalue weighted by molar-refractivity contribution is -0.109. The van der Waals surface area contributed by atoms with Crippen molar-refractivity contribution in [3.8, 4) is 0 Å². The Bertz CT molecular complexity index is 1100. The standard InChI is InChI=1S/C17H14ClF3N2O.C8H18.C5H11NO3/c18-13-3-1-2-9(17(13)21)11-6-22-7-12(11)10-4-14(19)15(20)5-16(10)23-8-24;1-7(2)6-8(3,4)5;7-3-5(9)1-2-6-4-8/h1-5,8,11-12,22H,6-7H2,(H,23,24);7H,6H2,1-5H3;4-5,7,9H,1-3H2,(H,6,8). The number of rotatable bonds is 10. The molecular formula is C30H43ClF3N3O4. The highest BCUT2D eigenvalue weighted by Crippen LogP contribution is 2.41. The maximum absolute atomic E-state index is 14.4. The molecule has 0 spiro atoms. The molecule has 1 aliphatic heterocycles. The minimum absolute atomic E-state index is 0.00896. The van der Waals surface area contributed by atoms with Crippen LogP contribution in [-0.2, 0) is 9.59 Å². The van der Waals surface area contributed by atoms with Crippen molar-refractivity contribution in [1.82, 2.24) is 10.6 Å². The van der Waals surface area contributed by atoms with E-state index in [9.17, 15) is 22.8 Å². The second-order valence-corrected chi connectivity index (χ2v) is 11.9. The summed E-state index contributed by atoms with van der Waals surface area (Å²) in [6.45, 7) is 12.5. The van der Waals surface area contributed by atoms with Crippen molar-refractivity contribution < 1.29 is 33.0 Å². The summed E-state index contributed by atoms with van der Waals surface area (Å²) in [5.41, 5.74) is 1.51. The molecule has 3 rings (SSSR count). The highest BCUT2D eigenvalue weighted by molar-refractivity contribution is 6.30. The van der Waals surface area contributed by atoms with Crippen molar-refractivity contribution in [3.63, 3.8) is 0 Å². The smallest absolute Gasteiger partial charge is 0.211 e. The van der Waals surface area contributed by atoms with E-state index >= 15 is 0 Å². The van der Waals surface area contributed by atoms with E-state index in [0.29, 0.717) is 55.4 Å². The number of carbonyl (C=O) groups excluding carboxylic acids is 2. The Morgan fingerprint density at radius 1 is 1.05 bits per heavy atom. The van der Waals surface area contributed by atoms with E-state index in [4.69, 9.17) is 21.8 Å². The molecule has 1 heterocycles. The third-order valence-corrected chi connectivity index (χ3v) is 6.53. The van der Waals surface area contributed by atoms with Crippen LogP contribution in [0, 0.1) is 28.8 Å². The lowest BCUT2D eigenvalue weighted by atomic mass is 9.83. The maximum atomic E-state index is 14.4. The third-order valence-electron chi connectivity index (χ3n) is 6.24. The Labute approximate surface area is 245 Å². The molecular weight excluding hydrogens is 559 g/mol. The minimum Gasteiger partial charge on any atom is -0.394 e. The zero-order chi connectivity index (χ0) is 31.2. The van der Waals surface area contributed by atoms with Gasteiger partial charge in [0.05, 0.1) is 17.7 Å². The number of anilines is 1. The molecule has 0 aliphatic carbocycles. The van der Waals surface area contributed by atoms with Crippen LogP contribution in [0.15, 0.2) is 30.3 Å². The summed E-state index contributed by atoms with van der Waals surface area (Å²) < 4.78 is 41.6. The monoisotopic (exact) mass is 601 g/mol. The number of nitrogens with one attached hydrogen (secondary N) is 3. The fourth-order valence-corrected chi connectivity index (χ4v) is 5.00. The Morgan fingerprint density at radius 2 is 1.66 bits per heavy atom. The molecule has 1 fully saturated rings. The average Bonchev–Trinajstić information content (AvgIpc) is 3.36. The lowest BCUT2D eigenvalue weighted by Gasteiger charge is -2.22. The van der Waals surface area contributed by atoms with Gasteiger partial charge in [0.25, 0.3) is 0 Å². The Morgan fingerprint density at radius 3 is 2.17 bits per heavy atom. The fraction of sp³-hybridized carbons (Fsp3) is 0.533. The molecule has 3 unspecified atom stereocenters. The van der Waals surface area contributed by atoms with E-state index in [2.05, 4.69) is 50.6 Å². The van der Waals surface area contributed by atoms with E-state index in [1.807, 2.05) is 0 Å². The maximum Gasteiger partial charge on any atom is 0.211 e. The number of halogens is 4. The van der Waals surface area contributed by atoms with Gasteiger partial charge < -0.3 is 26.2 Å². The van der Waals surface area contributed by atoms with Gasteiger partial charge in [-0.2, -0.15) is 0 Å². The summed E-state index contributed by atoms with van der Waals surface area (Å²) in [4.78, 5) is 20.4. The van der Waals surface area contributed by atoms with Crippen molar-refractivity contribution >= 4 is 30.1 Å². The van der Waals surface area contributed by atoms with Gasteiger partial charge in [-0.05, 0) is 47.4 Å². The van der Waals surface area contributed by atoms with Gasteiger partial charge in [0, 0.05) is 43.2 Å². The van der Waals surface area contributed by atoms with Crippen LogP contribution in [0.25, 0.3) is 0 Å². The average molecular weight is 602 g/mol. The molecule has 2 aromatic carbocycles. The third kappa shape index (κ3) is 12.8. The number of benzene rings is 2. The summed E-state index contributed by atoms with van der Waals surface area (Å²) >= 11 is 5.85. The van der Waals surface area contributed by atoms with Crippen LogP contribution in [-0.4, -0.2) is 55.4 Å². The van der Waals surface area contributed by atoms with Crippen LogP contribution < -0.4 is 16.0 Å². The van der Waals surface area contributed by atoms with Crippen LogP contribution in [0.5, 0.6) is 0 Å². The summed E-state index contributed by atoms with van der Waals surface area (Å²) in [5, 5.41) is 24.8. The van der Waals surface area contributed by atoms with Gasteiger partial charge in [-0.3, -0.25) is 9.59 Å². The molecule has 41 heavy (non-hydrogen) atoms. The molecule has 1 aliphatic rings. The molecule has 1 saturated heterocycles. The van der Waals surface area contributed by atoms with Crippen LogP contribution in [0.1, 0.15) is 70.4 Å². The van der Waals surface area contributed by atoms with Gasteiger partial charge >= 0.3 is 0 Å². The van der Waals surface area contributed by atoms with E-state index in [1.165, 1.54) is 12.5 Å². The molecule has 2 aromatic rings. The molecule has 230 valence electrons. The van der Waals surface area contributed by atoms with Crippen molar-refractivity contribution in [3.05, 3.63) is 63.9 Å². The number of amides is 2. The quantitative estimate of drug-likeness (QED) is 0.186. The molecule has 0 radical (unpaired) electrons. The number of aliphatic hydroxyl groups excluding tert-OH is 2. The molecule has 11 heteroatoms. The normalized spacial score (nSPS) is 17.1. The lowest BCUT2D eigenvalue weighted by Crippen LogP contribution is -2.21. The van der Waals surface area contributed by atoms with E-state index in [1.54, 1.807) is 12.1 Å². The molecule has 0 bridgehead atoms. The van der Waals surface area contributed by atoms with Crippen LogP contribution in [0.4, 0.5) is 18.9 Å². The first kappa shape index (κ1) is 36.4.